The van der Waals surface area contributed by atoms with Crippen LogP contribution in [0.5, 0.6) is 0 Å². The minimum Gasteiger partial charge on any atom is -0.385 e. The van der Waals surface area contributed by atoms with Crippen LogP contribution >= 0.6 is 11.8 Å². The highest BCUT2D eigenvalue weighted by Gasteiger charge is 2.13. The molecule has 1 unspecified atom stereocenters. The molecular weight excluding hydrogens is 286 g/mol. The Morgan fingerprint density at radius 3 is 2.95 bits per heavy atom. The minimum atomic E-state index is -0.258. The first kappa shape index (κ1) is 15.5. The maximum atomic E-state index is 12.6. The lowest BCUT2D eigenvalue weighted by Gasteiger charge is -2.13. The molecule has 6 heteroatoms. The molecule has 0 aliphatic rings. The maximum Gasteiger partial charge on any atom is 0.262 e. The molecule has 1 aromatic carbocycles. The summed E-state index contributed by atoms with van der Waals surface area (Å²) in [5.41, 5.74) is 0.600. The highest BCUT2D eigenvalue weighted by Crippen LogP contribution is 2.22. The smallest absolute Gasteiger partial charge is 0.262 e. The van der Waals surface area contributed by atoms with Crippen LogP contribution in [0.25, 0.3) is 10.9 Å². The summed E-state index contributed by atoms with van der Waals surface area (Å²) in [7, 11) is 1.63. The van der Waals surface area contributed by atoms with Gasteiger partial charge in [-0.3, -0.25) is 9.36 Å². The van der Waals surface area contributed by atoms with E-state index in [1.165, 1.54) is 11.8 Å². The molecule has 0 amide bonds. The first-order chi connectivity index (χ1) is 10.2. The van der Waals surface area contributed by atoms with Gasteiger partial charge in [0.1, 0.15) is 0 Å². The zero-order valence-electron chi connectivity index (χ0n) is 12.1. The molecule has 1 atom stereocenters. The van der Waals surface area contributed by atoms with Crippen molar-refractivity contribution in [1.29, 1.82) is 5.26 Å². The number of ether oxygens (including phenoxy) is 1. The number of aromatic nitrogens is 2. The van der Waals surface area contributed by atoms with Crippen LogP contribution in [-0.2, 0) is 11.3 Å². The average Bonchev–Trinajstić information content (AvgIpc) is 2.50. The van der Waals surface area contributed by atoms with Gasteiger partial charge in [-0.2, -0.15) is 5.26 Å². The Hall–Kier alpha value is -1.84. The summed E-state index contributed by atoms with van der Waals surface area (Å²) in [5.74, 6) is 0. The molecular formula is C15H17N3O2S. The highest BCUT2D eigenvalue weighted by molar-refractivity contribution is 8.00. The fourth-order valence-electron chi connectivity index (χ4n) is 1.99. The van der Waals surface area contributed by atoms with E-state index >= 15 is 0 Å². The fraction of sp³-hybridized carbons (Fsp3) is 0.400. The van der Waals surface area contributed by atoms with Gasteiger partial charge in [0.15, 0.2) is 5.16 Å². The molecule has 1 heterocycles. The van der Waals surface area contributed by atoms with Crippen LogP contribution < -0.4 is 5.56 Å². The van der Waals surface area contributed by atoms with Crippen LogP contribution in [0.4, 0.5) is 0 Å². The number of hydrogen-bond donors (Lipinski definition) is 0. The average molecular weight is 303 g/mol. The van der Waals surface area contributed by atoms with E-state index in [2.05, 4.69) is 11.1 Å². The number of benzene rings is 1. The molecule has 0 N–H and O–H groups in total. The van der Waals surface area contributed by atoms with E-state index in [0.29, 0.717) is 29.2 Å². The first-order valence-corrected chi connectivity index (χ1v) is 7.60. The molecule has 0 fully saturated rings. The third-order valence-electron chi connectivity index (χ3n) is 3.02. The molecule has 2 rings (SSSR count). The summed E-state index contributed by atoms with van der Waals surface area (Å²) in [6.07, 6.45) is 0.727. The largest absolute Gasteiger partial charge is 0.385 e. The number of nitriles is 1. The molecule has 21 heavy (non-hydrogen) atoms. The lowest BCUT2D eigenvalue weighted by atomic mass is 10.2. The van der Waals surface area contributed by atoms with Crippen LogP contribution in [0.3, 0.4) is 0 Å². The van der Waals surface area contributed by atoms with Gasteiger partial charge < -0.3 is 4.74 Å². The maximum absolute atomic E-state index is 12.6. The molecule has 0 spiro atoms. The quantitative estimate of drug-likeness (QED) is 0.466. The van der Waals surface area contributed by atoms with Crippen LogP contribution in [0.15, 0.2) is 34.2 Å². The molecule has 0 saturated heterocycles. The van der Waals surface area contributed by atoms with E-state index in [9.17, 15) is 4.79 Å². The Labute approximate surface area is 127 Å². The Morgan fingerprint density at radius 2 is 2.24 bits per heavy atom. The van der Waals surface area contributed by atoms with Gasteiger partial charge in [0, 0.05) is 20.3 Å². The highest BCUT2D eigenvalue weighted by atomic mass is 32.2. The standard InChI is InChI=1S/C15H17N3O2S/c1-11(10-16)21-15-17-13-7-4-3-6-12(13)14(19)18(15)8-5-9-20-2/h3-4,6-7,11H,5,8-9H2,1-2H3. The van der Waals surface area contributed by atoms with Crippen LogP contribution in [0.1, 0.15) is 13.3 Å². The monoisotopic (exact) mass is 303 g/mol. The van der Waals surface area contributed by atoms with Crippen molar-refractivity contribution in [2.45, 2.75) is 30.3 Å². The molecule has 110 valence electrons. The number of nitrogens with zero attached hydrogens (tertiary/aromatic N) is 3. The van der Waals surface area contributed by atoms with Crippen molar-refractivity contribution in [3.05, 3.63) is 34.6 Å². The topological polar surface area (TPSA) is 67.9 Å². The molecule has 0 aliphatic heterocycles. The zero-order chi connectivity index (χ0) is 15.2. The second kappa shape index (κ2) is 7.25. The Balaban J connectivity index is 2.49. The minimum absolute atomic E-state index is 0.0654. The van der Waals surface area contributed by atoms with Crippen molar-refractivity contribution in [2.75, 3.05) is 13.7 Å². The number of fused-ring (bicyclic) bond motifs is 1. The van der Waals surface area contributed by atoms with Gasteiger partial charge in [0.25, 0.3) is 5.56 Å². The van der Waals surface area contributed by atoms with E-state index in [1.54, 1.807) is 24.7 Å². The summed E-state index contributed by atoms with van der Waals surface area (Å²) in [6.45, 7) is 2.91. The Morgan fingerprint density at radius 1 is 1.48 bits per heavy atom. The summed E-state index contributed by atoms with van der Waals surface area (Å²) >= 11 is 1.31. The fourth-order valence-corrected chi connectivity index (χ4v) is 2.81. The molecule has 2 aromatic rings. The normalized spacial score (nSPS) is 12.2. The summed E-state index contributed by atoms with van der Waals surface area (Å²) in [4.78, 5) is 17.1. The number of hydrogen-bond acceptors (Lipinski definition) is 5. The second-order valence-electron chi connectivity index (χ2n) is 4.60. The molecule has 0 bridgehead atoms. The van der Waals surface area contributed by atoms with Crippen molar-refractivity contribution in [3.63, 3.8) is 0 Å². The van der Waals surface area contributed by atoms with Crippen LogP contribution in [0.2, 0.25) is 0 Å². The van der Waals surface area contributed by atoms with Gasteiger partial charge in [-0.05, 0) is 25.5 Å². The predicted molar refractivity (Wildman–Crippen MR) is 83.4 cm³/mol. The summed E-state index contributed by atoms with van der Waals surface area (Å²) < 4.78 is 6.68. The van der Waals surface area contributed by atoms with E-state index in [4.69, 9.17) is 10.00 Å². The predicted octanol–water partition coefficient (Wildman–Crippen LogP) is 2.44. The van der Waals surface area contributed by atoms with Gasteiger partial charge in [-0.1, -0.05) is 23.9 Å². The van der Waals surface area contributed by atoms with E-state index < -0.39 is 0 Å². The van der Waals surface area contributed by atoms with Crippen LogP contribution in [0, 0.1) is 11.3 Å². The SMILES string of the molecule is COCCCn1c(SC(C)C#N)nc2ccccc2c1=O. The van der Waals surface area contributed by atoms with Gasteiger partial charge in [0.2, 0.25) is 0 Å². The Kier molecular flexibility index (Phi) is 5.37. The lowest BCUT2D eigenvalue weighted by molar-refractivity contribution is 0.189. The second-order valence-corrected chi connectivity index (χ2v) is 5.91. The van der Waals surface area contributed by atoms with Crippen molar-refractivity contribution in [2.24, 2.45) is 0 Å². The van der Waals surface area contributed by atoms with Crippen molar-refractivity contribution in [3.8, 4) is 6.07 Å². The number of thioether (sulfide) groups is 1. The van der Waals surface area contributed by atoms with Gasteiger partial charge in [0.05, 0.1) is 22.2 Å². The van der Waals surface area contributed by atoms with Gasteiger partial charge in [-0.25, -0.2) is 4.98 Å². The molecule has 5 nitrogen and oxygen atoms in total. The lowest BCUT2D eigenvalue weighted by Crippen LogP contribution is -2.24. The number of para-hydroxylation sites is 1. The van der Waals surface area contributed by atoms with Crippen molar-refractivity contribution < 1.29 is 4.74 Å². The van der Waals surface area contributed by atoms with E-state index in [1.807, 2.05) is 18.2 Å². The molecule has 0 saturated carbocycles. The van der Waals surface area contributed by atoms with E-state index in [-0.39, 0.29) is 10.8 Å². The zero-order valence-corrected chi connectivity index (χ0v) is 12.9. The molecule has 0 radical (unpaired) electrons. The molecule has 1 aromatic heterocycles. The molecule has 0 aliphatic carbocycles. The van der Waals surface area contributed by atoms with Gasteiger partial charge >= 0.3 is 0 Å². The van der Waals surface area contributed by atoms with E-state index in [0.717, 1.165) is 6.42 Å². The Bertz CT molecular complexity index is 721. The summed E-state index contributed by atoms with van der Waals surface area (Å²) in [6, 6.07) is 9.43. The third-order valence-corrected chi connectivity index (χ3v) is 4.00. The third kappa shape index (κ3) is 3.63. The van der Waals surface area contributed by atoms with Gasteiger partial charge in [-0.15, -0.1) is 0 Å². The summed E-state index contributed by atoms with van der Waals surface area (Å²) in [5, 5.41) is 9.91. The van der Waals surface area contributed by atoms with Crippen molar-refractivity contribution >= 4 is 22.7 Å². The van der Waals surface area contributed by atoms with Crippen LogP contribution in [-0.4, -0.2) is 28.5 Å². The van der Waals surface area contributed by atoms with Crippen molar-refractivity contribution in [1.82, 2.24) is 9.55 Å². The number of rotatable bonds is 6. The first-order valence-electron chi connectivity index (χ1n) is 6.72. The number of methoxy groups -OCH3 is 1.